The second-order valence-corrected chi connectivity index (χ2v) is 5.41. The summed E-state index contributed by atoms with van der Waals surface area (Å²) in [5.41, 5.74) is 3.57. The van der Waals surface area contributed by atoms with Crippen LogP contribution in [0.25, 0.3) is 0 Å². The number of nitrogens with zero attached hydrogens (tertiary/aromatic N) is 3. The zero-order valence-corrected chi connectivity index (χ0v) is 11.6. The van der Waals surface area contributed by atoms with Crippen LogP contribution in [0.15, 0.2) is 18.7 Å². The summed E-state index contributed by atoms with van der Waals surface area (Å²) in [6.07, 6.45) is 9.61. The predicted molar refractivity (Wildman–Crippen MR) is 73.8 cm³/mol. The third-order valence-corrected chi connectivity index (χ3v) is 4.21. The van der Waals surface area contributed by atoms with Gasteiger partial charge in [0.25, 0.3) is 0 Å². The van der Waals surface area contributed by atoms with Gasteiger partial charge >= 0.3 is 0 Å². The molecule has 19 heavy (non-hydrogen) atoms. The number of nitrogens with one attached hydrogen (secondary N) is 2. The first-order valence-electron chi connectivity index (χ1n) is 6.97. The summed E-state index contributed by atoms with van der Waals surface area (Å²) in [6, 6.07) is 1.07. The van der Waals surface area contributed by atoms with E-state index in [2.05, 4.69) is 45.1 Å². The summed E-state index contributed by atoms with van der Waals surface area (Å²) >= 11 is 0. The topological polar surface area (TPSA) is 58.5 Å². The molecule has 2 aromatic rings. The van der Waals surface area contributed by atoms with Gasteiger partial charge in [0.1, 0.15) is 0 Å². The molecular weight excluding hydrogens is 238 g/mol. The Balaban J connectivity index is 1.66. The van der Waals surface area contributed by atoms with Crippen LogP contribution in [0.5, 0.6) is 0 Å². The normalized spacial score (nSPS) is 23.1. The molecule has 0 radical (unpaired) electrons. The van der Waals surface area contributed by atoms with Crippen molar-refractivity contribution < 1.29 is 0 Å². The Morgan fingerprint density at radius 1 is 1.42 bits per heavy atom. The average Bonchev–Trinajstić information content (AvgIpc) is 3.09. The highest BCUT2D eigenvalue weighted by Gasteiger charge is 2.28. The van der Waals surface area contributed by atoms with Crippen molar-refractivity contribution in [3.8, 4) is 0 Å². The quantitative estimate of drug-likeness (QED) is 0.884. The third kappa shape index (κ3) is 2.42. The molecule has 0 saturated heterocycles. The van der Waals surface area contributed by atoms with E-state index < -0.39 is 0 Å². The molecule has 0 spiro atoms. The minimum atomic E-state index is 0.530. The molecule has 3 rings (SSSR count). The number of imidazole rings is 1. The van der Waals surface area contributed by atoms with E-state index in [1.54, 1.807) is 0 Å². The van der Waals surface area contributed by atoms with Gasteiger partial charge in [0.2, 0.25) is 0 Å². The van der Waals surface area contributed by atoms with Gasteiger partial charge in [0.15, 0.2) is 0 Å². The van der Waals surface area contributed by atoms with Crippen molar-refractivity contribution in [2.24, 2.45) is 0 Å². The molecule has 102 valence electrons. The number of aryl methyl sites for hydroxylation is 2. The van der Waals surface area contributed by atoms with E-state index in [9.17, 15) is 0 Å². The van der Waals surface area contributed by atoms with Gasteiger partial charge in [0, 0.05) is 42.3 Å². The molecule has 0 amide bonds. The standard InChI is InChI=1S/C14H21N5/c1-10-12(11(2)18-17-10)8-16-13-4-3-5-14(13)19-7-6-15-9-19/h6-7,9,13-14,16H,3-5,8H2,1-2H3,(H,17,18). The van der Waals surface area contributed by atoms with Crippen LogP contribution in [0, 0.1) is 13.8 Å². The van der Waals surface area contributed by atoms with Crippen LogP contribution in [-0.2, 0) is 6.54 Å². The second-order valence-electron chi connectivity index (χ2n) is 5.41. The minimum absolute atomic E-state index is 0.530. The van der Waals surface area contributed by atoms with Crippen molar-refractivity contribution in [2.75, 3.05) is 0 Å². The van der Waals surface area contributed by atoms with Crippen molar-refractivity contribution in [3.63, 3.8) is 0 Å². The molecule has 2 aromatic heterocycles. The smallest absolute Gasteiger partial charge is 0.0949 e. The maximum Gasteiger partial charge on any atom is 0.0949 e. The van der Waals surface area contributed by atoms with Crippen molar-refractivity contribution in [1.29, 1.82) is 0 Å². The fourth-order valence-corrected chi connectivity index (χ4v) is 3.07. The van der Waals surface area contributed by atoms with Crippen LogP contribution in [0.4, 0.5) is 0 Å². The lowest BCUT2D eigenvalue weighted by Crippen LogP contribution is -2.33. The highest BCUT2D eigenvalue weighted by atomic mass is 15.1. The van der Waals surface area contributed by atoms with Gasteiger partial charge in [-0.25, -0.2) is 4.98 Å². The van der Waals surface area contributed by atoms with Gasteiger partial charge < -0.3 is 9.88 Å². The lowest BCUT2D eigenvalue weighted by molar-refractivity contribution is 0.390. The highest BCUT2D eigenvalue weighted by Crippen LogP contribution is 2.30. The summed E-state index contributed by atoms with van der Waals surface area (Å²) < 4.78 is 2.24. The van der Waals surface area contributed by atoms with E-state index >= 15 is 0 Å². The first kappa shape index (κ1) is 12.4. The molecule has 2 atom stereocenters. The van der Waals surface area contributed by atoms with Crippen molar-refractivity contribution in [3.05, 3.63) is 35.7 Å². The molecule has 5 nitrogen and oxygen atoms in total. The Hall–Kier alpha value is -1.62. The number of H-pyrrole nitrogens is 1. The van der Waals surface area contributed by atoms with Crippen LogP contribution in [-0.4, -0.2) is 25.8 Å². The lowest BCUT2D eigenvalue weighted by Gasteiger charge is -2.22. The van der Waals surface area contributed by atoms with Crippen molar-refractivity contribution >= 4 is 0 Å². The zero-order valence-electron chi connectivity index (χ0n) is 11.6. The third-order valence-electron chi connectivity index (χ3n) is 4.21. The van der Waals surface area contributed by atoms with Crippen LogP contribution >= 0.6 is 0 Å². The summed E-state index contributed by atoms with van der Waals surface area (Å²) in [6.45, 7) is 5.03. The van der Waals surface area contributed by atoms with Crippen LogP contribution in [0.2, 0.25) is 0 Å². The van der Waals surface area contributed by atoms with Crippen molar-refractivity contribution in [2.45, 2.75) is 51.7 Å². The maximum absolute atomic E-state index is 4.25. The van der Waals surface area contributed by atoms with Gasteiger partial charge in [-0.05, 0) is 33.1 Å². The van der Waals surface area contributed by atoms with Crippen LogP contribution < -0.4 is 5.32 Å². The van der Waals surface area contributed by atoms with E-state index in [0.717, 1.165) is 12.2 Å². The molecule has 5 heteroatoms. The van der Waals surface area contributed by atoms with Gasteiger partial charge in [-0.2, -0.15) is 5.10 Å². The Labute approximate surface area is 113 Å². The van der Waals surface area contributed by atoms with Gasteiger partial charge in [-0.3, -0.25) is 5.10 Å². The maximum atomic E-state index is 4.25. The molecule has 0 aliphatic heterocycles. The Morgan fingerprint density at radius 3 is 3.00 bits per heavy atom. The monoisotopic (exact) mass is 259 g/mol. The number of rotatable bonds is 4. The van der Waals surface area contributed by atoms with E-state index in [-0.39, 0.29) is 0 Å². The van der Waals surface area contributed by atoms with E-state index in [0.29, 0.717) is 12.1 Å². The molecule has 2 N–H and O–H groups in total. The minimum Gasteiger partial charge on any atom is -0.333 e. The molecule has 2 heterocycles. The molecule has 0 bridgehead atoms. The lowest BCUT2D eigenvalue weighted by atomic mass is 10.1. The SMILES string of the molecule is Cc1n[nH]c(C)c1CNC1CCCC1n1ccnc1. The van der Waals surface area contributed by atoms with Gasteiger partial charge in [-0.15, -0.1) is 0 Å². The number of hydrogen-bond donors (Lipinski definition) is 2. The first-order valence-corrected chi connectivity index (χ1v) is 6.97. The van der Waals surface area contributed by atoms with E-state index in [4.69, 9.17) is 0 Å². The number of hydrogen-bond acceptors (Lipinski definition) is 3. The highest BCUT2D eigenvalue weighted by molar-refractivity contribution is 5.22. The van der Waals surface area contributed by atoms with E-state index in [1.165, 1.54) is 30.5 Å². The molecule has 1 fully saturated rings. The molecule has 1 aliphatic carbocycles. The molecule has 1 aliphatic rings. The summed E-state index contributed by atoms with van der Waals surface area (Å²) in [4.78, 5) is 4.16. The summed E-state index contributed by atoms with van der Waals surface area (Å²) in [7, 11) is 0. The molecule has 0 aromatic carbocycles. The predicted octanol–water partition coefficient (Wildman–Crippen LogP) is 2.11. The number of aromatic amines is 1. The Kier molecular flexibility index (Phi) is 3.38. The number of aromatic nitrogens is 4. The fourth-order valence-electron chi connectivity index (χ4n) is 3.07. The largest absolute Gasteiger partial charge is 0.333 e. The second kappa shape index (κ2) is 5.17. The van der Waals surface area contributed by atoms with Crippen LogP contribution in [0.1, 0.15) is 42.3 Å². The zero-order chi connectivity index (χ0) is 13.2. The Bertz CT molecular complexity index is 509. The van der Waals surface area contributed by atoms with E-state index in [1.807, 2.05) is 12.5 Å². The first-order chi connectivity index (χ1) is 9.25. The van der Waals surface area contributed by atoms with Crippen molar-refractivity contribution in [1.82, 2.24) is 25.1 Å². The molecule has 1 saturated carbocycles. The fraction of sp³-hybridized carbons (Fsp3) is 0.571. The summed E-state index contributed by atoms with van der Waals surface area (Å²) in [5.74, 6) is 0. The Morgan fingerprint density at radius 2 is 2.32 bits per heavy atom. The molecule has 2 unspecified atom stereocenters. The average molecular weight is 259 g/mol. The summed E-state index contributed by atoms with van der Waals surface area (Å²) in [5, 5.41) is 11.0. The van der Waals surface area contributed by atoms with Gasteiger partial charge in [-0.1, -0.05) is 0 Å². The molecular formula is C14H21N5. The van der Waals surface area contributed by atoms with Crippen LogP contribution in [0.3, 0.4) is 0 Å². The van der Waals surface area contributed by atoms with Gasteiger partial charge in [0.05, 0.1) is 12.0 Å².